The number of rotatable bonds is 1. The Morgan fingerprint density at radius 1 is 1.69 bits per heavy atom. The van der Waals surface area contributed by atoms with Gasteiger partial charge in [-0.15, -0.1) is 0 Å². The minimum Gasteiger partial charge on any atom is -0.368 e. The molecule has 13 heavy (non-hydrogen) atoms. The van der Waals surface area contributed by atoms with Crippen molar-refractivity contribution in [3.05, 3.63) is 30.2 Å². The lowest BCUT2D eigenvalue weighted by Crippen LogP contribution is -2.01. The molecule has 5 heteroatoms. The van der Waals surface area contributed by atoms with Crippen molar-refractivity contribution in [3.63, 3.8) is 0 Å². The highest BCUT2D eigenvalue weighted by molar-refractivity contribution is 5.27. The smallest absolute Gasteiger partial charge is 0.221 e. The van der Waals surface area contributed by atoms with E-state index in [1.807, 2.05) is 0 Å². The molecule has 0 aromatic carbocycles. The molecule has 0 amide bonds. The number of anilines is 1. The maximum absolute atomic E-state index is 7.75. The Balaban J connectivity index is 2.61. The van der Waals surface area contributed by atoms with Gasteiger partial charge in [0.2, 0.25) is 5.95 Å². The summed E-state index contributed by atoms with van der Waals surface area (Å²) in [6.45, 7) is -2.56. The third-order valence-electron chi connectivity index (χ3n) is 1.36. The number of aromatic nitrogens is 4. The Hall–Kier alpha value is -1.91. The molecule has 0 saturated heterocycles. The molecule has 66 valence electrons. The second kappa shape index (κ2) is 2.85. The quantitative estimate of drug-likeness (QED) is 0.695. The fraction of sp³-hybridized carbons (Fsp3) is 0.125. The second-order valence-electron chi connectivity index (χ2n) is 2.28. The largest absolute Gasteiger partial charge is 0.368 e. The van der Waals surface area contributed by atoms with E-state index in [1.165, 1.54) is 12.3 Å². The molecule has 0 spiro atoms. The van der Waals surface area contributed by atoms with Crippen LogP contribution in [0.15, 0.2) is 24.6 Å². The fourth-order valence-electron chi connectivity index (χ4n) is 0.846. The second-order valence-corrected chi connectivity index (χ2v) is 2.28. The number of nitrogens with zero attached hydrogens (tertiary/aromatic N) is 4. The maximum atomic E-state index is 7.75. The zero-order valence-corrected chi connectivity index (χ0v) is 6.52. The van der Waals surface area contributed by atoms with E-state index < -0.39 is 24.8 Å². The van der Waals surface area contributed by atoms with Gasteiger partial charge in [0.25, 0.3) is 0 Å². The number of nitrogen functional groups attached to an aromatic ring is 1. The van der Waals surface area contributed by atoms with Crippen LogP contribution in [0, 0.1) is 6.85 Å². The Morgan fingerprint density at radius 3 is 3.31 bits per heavy atom. The summed E-state index contributed by atoms with van der Waals surface area (Å²) in [6, 6.07) is 1.42. The Bertz CT molecular complexity index is 590. The van der Waals surface area contributed by atoms with Crippen molar-refractivity contribution < 1.29 is 6.85 Å². The summed E-state index contributed by atoms with van der Waals surface area (Å²) in [6.07, 6.45) is 0.479. The molecule has 2 aromatic rings. The molecule has 0 saturated carbocycles. The van der Waals surface area contributed by atoms with E-state index in [4.69, 9.17) is 12.6 Å². The van der Waals surface area contributed by atoms with Gasteiger partial charge in [-0.25, -0.2) is 9.67 Å². The molecule has 0 aliphatic carbocycles. The maximum Gasteiger partial charge on any atom is 0.221 e. The van der Waals surface area contributed by atoms with Crippen LogP contribution < -0.4 is 5.73 Å². The van der Waals surface area contributed by atoms with Gasteiger partial charge in [0.05, 0.1) is 8.91 Å². The zero-order valence-electron chi connectivity index (χ0n) is 11.5. The highest BCUT2D eigenvalue weighted by Gasteiger charge is 1.99. The minimum absolute atomic E-state index is 0.0237. The van der Waals surface area contributed by atoms with E-state index in [1.54, 1.807) is 0 Å². The minimum atomic E-state index is -2.56. The first-order chi connectivity index (χ1) is 8.30. The van der Waals surface area contributed by atoms with Crippen LogP contribution in [0.3, 0.4) is 0 Å². The first-order valence-corrected chi connectivity index (χ1v) is 3.46. The fourth-order valence-corrected chi connectivity index (χ4v) is 0.846. The van der Waals surface area contributed by atoms with E-state index in [0.717, 1.165) is 4.68 Å². The molecular formula is C8H9N5. The predicted molar refractivity (Wildman–Crippen MR) is 48.3 cm³/mol. The number of hydrogen-bond acceptors (Lipinski definition) is 4. The number of nitrogens with two attached hydrogens (primary N) is 1. The topological polar surface area (TPSA) is 69.6 Å². The first kappa shape index (κ1) is 3.87. The van der Waals surface area contributed by atoms with Crippen LogP contribution in [0.25, 0.3) is 5.82 Å². The van der Waals surface area contributed by atoms with Crippen molar-refractivity contribution in [1.82, 2.24) is 19.7 Å². The van der Waals surface area contributed by atoms with Crippen molar-refractivity contribution in [2.45, 2.75) is 6.85 Å². The SMILES string of the molecule is [2H]c1nn(-c2ccnc(N)n2)c([2H])c1C([2H])([2H])[2H]. The van der Waals surface area contributed by atoms with Gasteiger partial charge < -0.3 is 5.73 Å². The van der Waals surface area contributed by atoms with E-state index in [0.29, 0.717) is 0 Å². The van der Waals surface area contributed by atoms with Gasteiger partial charge in [-0.3, -0.25) is 0 Å². The number of hydrogen-bond donors (Lipinski definition) is 1. The van der Waals surface area contributed by atoms with Gasteiger partial charge in [0.15, 0.2) is 5.82 Å². The summed E-state index contributed by atoms with van der Waals surface area (Å²) >= 11 is 0. The molecule has 2 rings (SSSR count). The van der Waals surface area contributed by atoms with Crippen molar-refractivity contribution in [2.24, 2.45) is 0 Å². The van der Waals surface area contributed by atoms with Gasteiger partial charge in [0.1, 0.15) is 0 Å². The normalized spacial score (nSPS) is 16.8. The molecule has 2 heterocycles. The van der Waals surface area contributed by atoms with Crippen LogP contribution in [-0.2, 0) is 0 Å². The standard InChI is InChI=1S/C8H9N5/c1-6-4-11-13(5-6)7-2-3-10-8(9)12-7/h2-5H,1H3,(H2,9,10,12)/i1D3,4D,5D. The van der Waals surface area contributed by atoms with Gasteiger partial charge in [-0.2, -0.15) is 10.1 Å². The third-order valence-corrected chi connectivity index (χ3v) is 1.36. The molecule has 2 aromatic heterocycles. The van der Waals surface area contributed by atoms with E-state index in [-0.39, 0.29) is 11.8 Å². The summed E-state index contributed by atoms with van der Waals surface area (Å²) < 4.78 is 38.0. The van der Waals surface area contributed by atoms with Crippen molar-refractivity contribution in [2.75, 3.05) is 5.73 Å². The van der Waals surface area contributed by atoms with E-state index in [2.05, 4.69) is 15.1 Å². The van der Waals surface area contributed by atoms with Crippen LogP contribution in [-0.4, -0.2) is 19.7 Å². The van der Waals surface area contributed by atoms with Crippen LogP contribution in [0.1, 0.15) is 12.4 Å². The van der Waals surface area contributed by atoms with Crippen molar-refractivity contribution >= 4 is 5.95 Å². The molecule has 0 atom stereocenters. The van der Waals surface area contributed by atoms with Gasteiger partial charge in [0, 0.05) is 22.5 Å². The van der Waals surface area contributed by atoms with Crippen molar-refractivity contribution in [1.29, 1.82) is 0 Å². The highest BCUT2D eigenvalue weighted by atomic mass is 15.3. The van der Waals surface area contributed by atoms with E-state index in [9.17, 15) is 0 Å². The summed E-state index contributed by atoms with van der Waals surface area (Å²) in [5.74, 6) is 0.126. The Labute approximate surface area is 82.3 Å². The lowest BCUT2D eigenvalue weighted by atomic mass is 10.4. The molecule has 0 radical (unpaired) electrons. The van der Waals surface area contributed by atoms with Gasteiger partial charge in [-0.05, 0) is 12.4 Å². The predicted octanol–water partition coefficient (Wildman–Crippen LogP) is 0.553. The first-order valence-electron chi connectivity index (χ1n) is 5.96. The average Bonchev–Trinajstić information content (AvgIpc) is 2.53. The summed E-state index contributed by atoms with van der Waals surface area (Å²) in [5, 5.41) is 3.68. The summed E-state index contributed by atoms with van der Waals surface area (Å²) in [5.41, 5.74) is 4.98. The highest BCUT2D eigenvalue weighted by Crippen LogP contribution is 2.04. The third kappa shape index (κ3) is 1.48. The Kier molecular flexibility index (Phi) is 0.849. The lowest BCUT2D eigenvalue weighted by Gasteiger charge is -1.98. The zero-order chi connectivity index (χ0) is 13.5. The van der Waals surface area contributed by atoms with Crippen LogP contribution in [0.4, 0.5) is 5.95 Å². The molecule has 5 nitrogen and oxygen atoms in total. The Morgan fingerprint density at radius 2 is 2.62 bits per heavy atom. The molecular weight excluding hydrogens is 166 g/mol. The van der Waals surface area contributed by atoms with Crippen molar-refractivity contribution in [3.8, 4) is 5.82 Å². The van der Waals surface area contributed by atoms with E-state index >= 15 is 0 Å². The van der Waals surface area contributed by atoms with Crippen LogP contribution >= 0.6 is 0 Å². The average molecular weight is 180 g/mol. The molecule has 0 unspecified atom stereocenters. The summed E-state index contributed by atoms with van der Waals surface area (Å²) in [7, 11) is 0. The van der Waals surface area contributed by atoms with Gasteiger partial charge in [-0.1, -0.05) is 0 Å². The van der Waals surface area contributed by atoms with Crippen LogP contribution in [0.5, 0.6) is 0 Å². The molecule has 0 bridgehead atoms. The molecule has 0 aliphatic rings. The van der Waals surface area contributed by atoms with Gasteiger partial charge >= 0.3 is 0 Å². The summed E-state index contributed by atoms with van der Waals surface area (Å²) in [4.78, 5) is 7.50. The monoisotopic (exact) mass is 180 g/mol. The molecule has 0 fully saturated rings. The molecule has 2 N–H and O–H groups in total. The lowest BCUT2D eigenvalue weighted by molar-refractivity contribution is 0.842. The molecule has 0 aliphatic heterocycles. The van der Waals surface area contributed by atoms with Crippen LogP contribution in [0.2, 0.25) is 0 Å².